The van der Waals surface area contributed by atoms with E-state index < -0.39 is 0 Å². The molecule has 1 amide bonds. The number of hydrogen-bond donors (Lipinski definition) is 2. The second kappa shape index (κ2) is 8.74. The first-order chi connectivity index (χ1) is 15.2. The van der Waals surface area contributed by atoms with Gasteiger partial charge in [-0.3, -0.25) is 4.79 Å². The van der Waals surface area contributed by atoms with Gasteiger partial charge in [0.25, 0.3) is 5.91 Å². The molecule has 9 nitrogen and oxygen atoms in total. The van der Waals surface area contributed by atoms with E-state index in [1.54, 1.807) is 18.3 Å². The Kier molecular flexibility index (Phi) is 6.01. The van der Waals surface area contributed by atoms with Gasteiger partial charge in [0.2, 0.25) is 0 Å². The molecule has 1 unspecified atom stereocenters. The van der Waals surface area contributed by atoms with Crippen LogP contribution in [0.5, 0.6) is 5.75 Å². The predicted molar refractivity (Wildman–Crippen MR) is 125 cm³/mol. The van der Waals surface area contributed by atoms with E-state index in [0.29, 0.717) is 29.8 Å². The number of fused-ring (bicyclic) bond motifs is 1. The van der Waals surface area contributed by atoms with Crippen LogP contribution in [0.3, 0.4) is 0 Å². The Balaban J connectivity index is 1.46. The van der Waals surface area contributed by atoms with Gasteiger partial charge in [0.1, 0.15) is 11.4 Å². The summed E-state index contributed by atoms with van der Waals surface area (Å²) >= 11 is 0. The molecular formula is C23H31N7O2. The van der Waals surface area contributed by atoms with Crippen LogP contribution in [0, 0.1) is 6.92 Å². The zero-order valence-corrected chi connectivity index (χ0v) is 19.3. The van der Waals surface area contributed by atoms with Crippen LogP contribution in [0.15, 0.2) is 30.6 Å². The Morgan fingerprint density at radius 3 is 2.75 bits per heavy atom. The van der Waals surface area contributed by atoms with E-state index in [0.717, 1.165) is 36.7 Å². The maximum absolute atomic E-state index is 13.0. The van der Waals surface area contributed by atoms with Crippen molar-refractivity contribution >= 4 is 23.2 Å². The lowest BCUT2D eigenvalue weighted by Gasteiger charge is -2.26. The fraction of sp³-hybridized carbons (Fsp3) is 0.478. The van der Waals surface area contributed by atoms with Gasteiger partial charge in [0.15, 0.2) is 11.6 Å². The molecule has 4 heterocycles. The van der Waals surface area contributed by atoms with Crippen molar-refractivity contribution < 1.29 is 9.53 Å². The molecule has 0 bridgehead atoms. The molecule has 0 aromatic carbocycles. The SMILES string of the molecule is CCOc1cc2nc(C)cn2cc1C(=O)Nc1ccc(N2CCC(NC(C)(C)C)C2)nn1. The lowest BCUT2D eigenvalue weighted by molar-refractivity contribution is 0.102. The third-order valence-corrected chi connectivity index (χ3v) is 5.26. The summed E-state index contributed by atoms with van der Waals surface area (Å²) in [6, 6.07) is 5.88. The Bertz CT molecular complexity index is 1100. The summed E-state index contributed by atoms with van der Waals surface area (Å²) in [5.41, 5.74) is 2.10. The number of carbonyl (C=O) groups is 1. The fourth-order valence-electron chi connectivity index (χ4n) is 4.03. The van der Waals surface area contributed by atoms with Crippen molar-refractivity contribution in [3.63, 3.8) is 0 Å². The minimum Gasteiger partial charge on any atom is -0.493 e. The largest absolute Gasteiger partial charge is 0.493 e. The highest BCUT2D eigenvalue weighted by Crippen LogP contribution is 2.24. The third-order valence-electron chi connectivity index (χ3n) is 5.26. The van der Waals surface area contributed by atoms with E-state index in [9.17, 15) is 4.79 Å². The second-order valence-electron chi connectivity index (χ2n) is 9.19. The number of amides is 1. The van der Waals surface area contributed by atoms with Gasteiger partial charge in [-0.2, -0.15) is 0 Å². The fourth-order valence-corrected chi connectivity index (χ4v) is 4.03. The third kappa shape index (κ3) is 4.99. The van der Waals surface area contributed by atoms with Crippen molar-refractivity contribution in [1.29, 1.82) is 0 Å². The summed E-state index contributed by atoms with van der Waals surface area (Å²) in [6.07, 6.45) is 4.66. The first-order valence-corrected chi connectivity index (χ1v) is 11.0. The molecule has 170 valence electrons. The van der Waals surface area contributed by atoms with Crippen molar-refractivity contribution in [2.75, 3.05) is 29.9 Å². The van der Waals surface area contributed by atoms with Crippen LogP contribution >= 0.6 is 0 Å². The van der Waals surface area contributed by atoms with Crippen molar-refractivity contribution in [1.82, 2.24) is 24.9 Å². The number of anilines is 2. The van der Waals surface area contributed by atoms with E-state index in [-0.39, 0.29) is 11.4 Å². The molecule has 3 aromatic rings. The van der Waals surface area contributed by atoms with Crippen LogP contribution in [-0.2, 0) is 0 Å². The van der Waals surface area contributed by atoms with Crippen molar-refractivity contribution in [2.24, 2.45) is 0 Å². The van der Waals surface area contributed by atoms with Gasteiger partial charge < -0.3 is 24.7 Å². The van der Waals surface area contributed by atoms with Gasteiger partial charge in [-0.1, -0.05) is 0 Å². The standard InChI is InChI=1S/C23H31N7O2/c1-6-32-18-11-21-24-15(2)12-30(21)14-17(18)22(31)25-19-7-8-20(28-27-19)29-10-9-16(13-29)26-23(3,4)5/h7-8,11-12,14,16,26H,6,9-10,13H2,1-5H3,(H,25,27,31). The first-order valence-electron chi connectivity index (χ1n) is 11.0. The number of nitrogens with one attached hydrogen (secondary N) is 2. The average Bonchev–Trinajstić information content (AvgIpc) is 3.32. The van der Waals surface area contributed by atoms with E-state index in [4.69, 9.17) is 4.74 Å². The molecule has 0 radical (unpaired) electrons. The Morgan fingerprint density at radius 2 is 2.06 bits per heavy atom. The molecule has 1 aliphatic rings. The van der Waals surface area contributed by atoms with Gasteiger partial charge in [0.05, 0.1) is 17.9 Å². The van der Waals surface area contributed by atoms with Crippen molar-refractivity contribution in [3.8, 4) is 5.75 Å². The molecule has 1 atom stereocenters. The highest BCUT2D eigenvalue weighted by molar-refractivity contribution is 6.05. The molecule has 0 saturated carbocycles. The predicted octanol–water partition coefficient (Wildman–Crippen LogP) is 3.05. The number of carbonyl (C=O) groups excluding carboxylic acids is 1. The van der Waals surface area contributed by atoms with Crippen LogP contribution in [0.1, 0.15) is 50.2 Å². The molecular weight excluding hydrogens is 406 g/mol. The molecule has 0 spiro atoms. The minimum atomic E-state index is -0.306. The Labute approximate surface area is 188 Å². The summed E-state index contributed by atoms with van der Waals surface area (Å²) < 4.78 is 7.50. The molecule has 1 saturated heterocycles. The lowest BCUT2D eigenvalue weighted by atomic mass is 10.1. The smallest absolute Gasteiger partial charge is 0.262 e. The summed E-state index contributed by atoms with van der Waals surface area (Å²) in [5.74, 6) is 1.39. The van der Waals surface area contributed by atoms with Crippen LogP contribution in [0.25, 0.3) is 5.65 Å². The van der Waals surface area contributed by atoms with Gasteiger partial charge in [0, 0.05) is 43.1 Å². The number of aromatic nitrogens is 4. The zero-order chi connectivity index (χ0) is 22.9. The molecule has 9 heteroatoms. The van der Waals surface area contributed by atoms with Gasteiger partial charge in [-0.15, -0.1) is 10.2 Å². The number of ether oxygens (including phenoxy) is 1. The lowest BCUT2D eigenvalue weighted by Crippen LogP contribution is -2.45. The van der Waals surface area contributed by atoms with E-state index in [2.05, 4.69) is 51.5 Å². The number of pyridine rings is 1. The maximum Gasteiger partial charge on any atom is 0.262 e. The zero-order valence-electron chi connectivity index (χ0n) is 19.3. The van der Waals surface area contributed by atoms with Gasteiger partial charge in [-0.25, -0.2) is 4.98 Å². The van der Waals surface area contributed by atoms with Crippen LogP contribution in [0.4, 0.5) is 11.6 Å². The highest BCUT2D eigenvalue weighted by Gasteiger charge is 2.26. The van der Waals surface area contributed by atoms with Crippen LogP contribution in [0.2, 0.25) is 0 Å². The first kappa shape index (κ1) is 22.0. The van der Waals surface area contributed by atoms with Crippen molar-refractivity contribution in [3.05, 3.63) is 41.9 Å². The van der Waals surface area contributed by atoms with Crippen molar-refractivity contribution in [2.45, 2.75) is 52.6 Å². The highest BCUT2D eigenvalue weighted by atomic mass is 16.5. The number of rotatable bonds is 6. The summed E-state index contributed by atoms with van der Waals surface area (Å²) in [5, 5.41) is 15.0. The molecule has 0 aliphatic carbocycles. The molecule has 2 N–H and O–H groups in total. The van der Waals surface area contributed by atoms with Crippen LogP contribution < -0.4 is 20.3 Å². The molecule has 3 aromatic heterocycles. The molecule has 4 rings (SSSR count). The van der Waals surface area contributed by atoms with Gasteiger partial charge >= 0.3 is 0 Å². The maximum atomic E-state index is 13.0. The Hall–Kier alpha value is -3.20. The summed E-state index contributed by atoms with van der Waals surface area (Å²) in [7, 11) is 0. The van der Waals surface area contributed by atoms with E-state index in [1.807, 2.05) is 30.5 Å². The topological polar surface area (TPSA) is 96.7 Å². The summed E-state index contributed by atoms with van der Waals surface area (Å²) in [6.45, 7) is 12.6. The number of imidazole rings is 1. The van der Waals surface area contributed by atoms with Crippen LogP contribution in [-0.4, -0.2) is 56.8 Å². The van der Waals surface area contributed by atoms with E-state index >= 15 is 0 Å². The molecule has 1 fully saturated rings. The monoisotopic (exact) mass is 437 g/mol. The average molecular weight is 438 g/mol. The number of aryl methyl sites for hydroxylation is 1. The second-order valence-corrected chi connectivity index (χ2v) is 9.19. The van der Waals surface area contributed by atoms with E-state index in [1.165, 1.54) is 0 Å². The molecule has 1 aliphatic heterocycles. The minimum absolute atomic E-state index is 0.0826. The quantitative estimate of drug-likeness (QED) is 0.612. The Morgan fingerprint density at radius 1 is 1.25 bits per heavy atom. The number of hydrogen-bond acceptors (Lipinski definition) is 7. The molecule has 32 heavy (non-hydrogen) atoms. The van der Waals surface area contributed by atoms with Gasteiger partial charge in [-0.05, 0) is 53.2 Å². The number of nitrogens with zero attached hydrogens (tertiary/aromatic N) is 5. The summed E-state index contributed by atoms with van der Waals surface area (Å²) in [4.78, 5) is 19.6. The normalized spacial score (nSPS) is 16.5.